The fraction of sp³-hybridized carbons (Fsp3) is 0.222. The minimum atomic E-state index is -0.957. The van der Waals surface area contributed by atoms with Crippen molar-refractivity contribution in [3.63, 3.8) is 0 Å². The summed E-state index contributed by atoms with van der Waals surface area (Å²) < 4.78 is 0. The Balaban J connectivity index is 2.16. The topological polar surface area (TPSA) is 23.5 Å². The molecule has 0 heterocycles. The maximum Gasteiger partial charge on any atom is 0.105 e. The third-order valence-electron chi connectivity index (χ3n) is 3.37. The van der Waals surface area contributed by atoms with Gasteiger partial charge in [-0.2, -0.15) is 0 Å². The van der Waals surface area contributed by atoms with Gasteiger partial charge in [-0.15, -0.1) is 0 Å². The molecule has 1 N–H and O–H groups in total. The van der Waals surface area contributed by atoms with Gasteiger partial charge in [-0.1, -0.05) is 48.5 Å². The molecule has 0 amide bonds. The van der Waals surface area contributed by atoms with E-state index in [2.05, 4.69) is 17.0 Å². The van der Waals surface area contributed by atoms with Crippen molar-refractivity contribution in [3.8, 4) is 0 Å². The molecule has 0 aliphatic carbocycles. The Kier molecular flexibility index (Phi) is 4.26. The SMILES string of the molecule is CN(C)c1ccc(/C=C/C(C)(O)c2ccccc2)cc1. The third-order valence-corrected chi connectivity index (χ3v) is 3.37. The summed E-state index contributed by atoms with van der Waals surface area (Å²) in [6, 6.07) is 17.9. The number of aliphatic hydroxyl groups is 1. The van der Waals surface area contributed by atoms with E-state index in [9.17, 15) is 5.11 Å². The molecule has 0 aliphatic rings. The van der Waals surface area contributed by atoms with Gasteiger partial charge in [0.2, 0.25) is 0 Å². The first kappa shape index (κ1) is 14.4. The van der Waals surface area contributed by atoms with E-state index in [0.29, 0.717) is 0 Å². The molecule has 1 atom stereocenters. The number of rotatable bonds is 4. The van der Waals surface area contributed by atoms with Crippen LogP contribution in [0, 0.1) is 0 Å². The molecule has 2 aromatic rings. The Hall–Kier alpha value is -2.06. The van der Waals surface area contributed by atoms with Crippen LogP contribution in [0.2, 0.25) is 0 Å². The third kappa shape index (κ3) is 3.49. The molecular weight excluding hydrogens is 246 g/mol. The molecule has 2 rings (SSSR count). The van der Waals surface area contributed by atoms with E-state index in [1.807, 2.05) is 68.7 Å². The number of benzene rings is 2. The summed E-state index contributed by atoms with van der Waals surface area (Å²) in [7, 11) is 4.04. The van der Waals surface area contributed by atoms with Gasteiger partial charge >= 0.3 is 0 Å². The summed E-state index contributed by atoms with van der Waals surface area (Å²) in [5.74, 6) is 0. The van der Waals surface area contributed by atoms with Crippen molar-refractivity contribution < 1.29 is 5.11 Å². The minimum absolute atomic E-state index is 0.890. The van der Waals surface area contributed by atoms with E-state index in [1.165, 1.54) is 0 Å². The lowest BCUT2D eigenvalue weighted by Gasteiger charge is -2.19. The normalized spacial score (nSPS) is 14.2. The van der Waals surface area contributed by atoms with Crippen molar-refractivity contribution in [2.24, 2.45) is 0 Å². The Bertz CT molecular complexity index is 568. The number of nitrogens with zero attached hydrogens (tertiary/aromatic N) is 1. The molecule has 1 unspecified atom stereocenters. The summed E-state index contributed by atoms with van der Waals surface area (Å²) >= 11 is 0. The van der Waals surface area contributed by atoms with Gasteiger partial charge in [0.1, 0.15) is 5.60 Å². The van der Waals surface area contributed by atoms with Crippen LogP contribution in [0.25, 0.3) is 6.08 Å². The summed E-state index contributed by atoms with van der Waals surface area (Å²) in [5, 5.41) is 10.5. The largest absolute Gasteiger partial charge is 0.381 e. The highest BCUT2D eigenvalue weighted by atomic mass is 16.3. The average Bonchev–Trinajstić information content (AvgIpc) is 2.46. The van der Waals surface area contributed by atoms with Crippen LogP contribution >= 0.6 is 0 Å². The lowest BCUT2D eigenvalue weighted by molar-refractivity contribution is 0.112. The van der Waals surface area contributed by atoms with Crippen molar-refractivity contribution in [3.05, 3.63) is 71.8 Å². The quantitative estimate of drug-likeness (QED) is 0.913. The van der Waals surface area contributed by atoms with Crippen LogP contribution in [-0.2, 0) is 5.60 Å². The molecule has 0 bridgehead atoms. The fourth-order valence-electron chi connectivity index (χ4n) is 2.01. The van der Waals surface area contributed by atoms with E-state index < -0.39 is 5.60 Å². The van der Waals surface area contributed by atoms with Crippen molar-refractivity contribution in [2.45, 2.75) is 12.5 Å². The molecule has 0 aromatic heterocycles. The first-order chi connectivity index (χ1) is 9.49. The highest BCUT2D eigenvalue weighted by molar-refractivity contribution is 5.56. The number of hydrogen-bond donors (Lipinski definition) is 1. The van der Waals surface area contributed by atoms with Crippen LogP contribution in [0.3, 0.4) is 0 Å². The maximum absolute atomic E-state index is 10.5. The van der Waals surface area contributed by atoms with Gasteiger partial charge < -0.3 is 10.0 Å². The number of anilines is 1. The van der Waals surface area contributed by atoms with Gasteiger partial charge in [-0.3, -0.25) is 0 Å². The van der Waals surface area contributed by atoms with Crippen molar-refractivity contribution in [1.29, 1.82) is 0 Å². The molecule has 20 heavy (non-hydrogen) atoms. The van der Waals surface area contributed by atoms with Crippen molar-refractivity contribution in [1.82, 2.24) is 0 Å². The summed E-state index contributed by atoms with van der Waals surface area (Å²) in [4.78, 5) is 2.06. The highest BCUT2D eigenvalue weighted by Gasteiger charge is 2.18. The molecule has 0 spiro atoms. The van der Waals surface area contributed by atoms with E-state index in [1.54, 1.807) is 6.92 Å². The van der Waals surface area contributed by atoms with Crippen LogP contribution in [-0.4, -0.2) is 19.2 Å². The number of hydrogen-bond acceptors (Lipinski definition) is 2. The second kappa shape index (κ2) is 5.93. The van der Waals surface area contributed by atoms with Crippen LogP contribution in [0.1, 0.15) is 18.1 Å². The molecule has 104 valence electrons. The van der Waals surface area contributed by atoms with Gasteiger partial charge in [-0.05, 0) is 36.3 Å². The lowest BCUT2D eigenvalue weighted by Crippen LogP contribution is -2.17. The van der Waals surface area contributed by atoms with Gasteiger partial charge in [0.15, 0.2) is 0 Å². The Morgan fingerprint density at radius 3 is 2.10 bits per heavy atom. The molecule has 0 fully saturated rings. The molecule has 0 radical (unpaired) electrons. The zero-order valence-electron chi connectivity index (χ0n) is 12.2. The summed E-state index contributed by atoms with van der Waals surface area (Å²) in [6.45, 7) is 1.80. The highest BCUT2D eigenvalue weighted by Crippen LogP contribution is 2.23. The smallest absolute Gasteiger partial charge is 0.105 e. The fourth-order valence-corrected chi connectivity index (χ4v) is 2.01. The Morgan fingerprint density at radius 2 is 1.55 bits per heavy atom. The standard InChI is InChI=1S/C18H21NO/c1-18(20,16-7-5-4-6-8-16)14-13-15-9-11-17(12-10-15)19(2)3/h4-14,20H,1-3H3/b14-13+. The zero-order chi connectivity index (χ0) is 14.6. The molecule has 2 nitrogen and oxygen atoms in total. The van der Waals surface area contributed by atoms with Crippen LogP contribution < -0.4 is 4.90 Å². The molecule has 0 aliphatic heterocycles. The van der Waals surface area contributed by atoms with E-state index in [-0.39, 0.29) is 0 Å². The molecule has 0 saturated carbocycles. The van der Waals surface area contributed by atoms with Crippen LogP contribution in [0.5, 0.6) is 0 Å². The second-order valence-electron chi connectivity index (χ2n) is 5.33. The molecule has 2 aromatic carbocycles. The lowest BCUT2D eigenvalue weighted by atomic mass is 9.95. The van der Waals surface area contributed by atoms with E-state index in [4.69, 9.17) is 0 Å². The zero-order valence-corrected chi connectivity index (χ0v) is 12.2. The molecule has 2 heteroatoms. The predicted octanol–water partition coefficient (Wildman–Crippen LogP) is 3.67. The van der Waals surface area contributed by atoms with Gasteiger partial charge in [0.05, 0.1) is 0 Å². The van der Waals surface area contributed by atoms with E-state index >= 15 is 0 Å². The Labute approximate surface area is 121 Å². The van der Waals surface area contributed by atoms with E-state index in [0.717, 1.165) is 16.8 Å². The average molecular weight is 267 g/mol. The summed E-state index contributed by atoms with van der Waals surface area (Å²) in [5.41, 5.74) is 2.17. The molecule has 0 saturated heterocycles. The van der Waals surface area contributed by atoms with Crippen LogP contribution in [0.4, 0.5) is 5.69 Å². The van der Waals surface area contributed by atoms with Gasteiger partial charge in [0.25, 0.3) is 0 Å². The first-order valence-electron chi connectivity index (χ1n) is 6.73. The maximum atomic E-state index is 10.5. The van der Waals surface area contributed by atoms with Crippen LogP contribution in [0.15, 0.2) is 60.7 Å². The summed E-state index contributed by atoms with van der Waals surface area (Å²) in [6.07, 6.45) is 3.78. The monoisotopic (exact) mass is 267 g/mol. The van der Waals surface area contributed by atoms with Gasteiger partial charge in [0, 0.05) is 19.8 Å². The predicted molar refractivity (Wildman–Crippen MR) is 85.8 cm³/mol. The van der Waals surface area contributed by atoms with Gasteiger partial charge in [-0.25, -0.2) is 0 Å². The van der Waals surface area contributed by atoms with Crippen molar-refractivity contribution in [2.75, 3.05) is 19.0 Å². The van der Waals surface area contributed by atoms with Crippen molar-refractivity contribution >= 4 is 11.8 Å². The molecular formula is C18H21NO. The Morgan fingerprint density at radius 1 is 0.950 bits per heavy atom. The second-order valence-corrected chi connectivity index (χ2v) is 5.33. The first-order valence-corrected chi connectivity index (χ1v) is 6.73. The minimum Gasteiger partial charge on any atom is -0.381 e.